The average Bonchev–Trinajstić information content (AvgIpc) is 0.722. The molecule has 0 bridgehead atoms. The Morgan fingerprint density at radius 1 is 0.500 bits per heavy atom. The van der Waals surface area contributed by atoms with Gasteiger partial charge < -0.3 is 27.4 Å². The van der Waals surface area contributed by atoms with E-state index >= 15 is 0 Å². The van der Waals surface area contributed by atoms with Crippen molar-refractivity contribution in [3.63, 3.8) is 0 Å². The molecule has 0 aromatic rings. The standard InChI is InChI=1S/6ClH.5H2O.Pt/h6*1H;5*1H2;/q;;;;;;;;;;;+4/p-4. The van der Waals surface area contributed by atoms with Crippen LogP contribution in [0.1, 0.15) is 0 Å². The number of hydrogen-bond acceptors (Lipinski definition) is 0. The Bertz CT molecular complexity index is 31.4. The second kappa shape index (κ2) is 29.2. The molecule has 0 saturated carbocycles. The maximum absolute atomic E-state index is 5.01. The molecular formula is H12Cl6O5Pt. The molecule has 12 heavy (non-hydrogen) atoms. The van der Waals surface area contributed by atoms with E-state index in [-0.39, 0.29) is 52.2 Å². The van der Waals surface area contributed by atoms with Crippen molar-refractivity contribution in [3.05, 3.63) is 0 Å². The molecular weight excluding hydrogens is 488 g/mol. The van der Waals surface area contributed by atoms with Crippen LogP contribution < -0.4 is 0 Å². The monoisotopic (exact) mass is 497 g/mol. The summed E-state index contributed by atoms with van der Waals surface area (Å²) in [6.45, 7) is 0. The molecule has 0 aromatic heterocycles. The van der Waals surface area contributed by atoms with Gasteiger partial charge in [0.2, 0.25) is 0 Å². The van der Waals surface area contributed by atoms with Gasteiger partial charge in [0, 0.05) is 0 Å². The van der Waals surface area contributed by atoms with Gasteiger partial charge in [-0.15, -0.1) is 24.8 Å². The summed E-state index contributed by atoms with van der Waals surface area (Å²) in [6.07, 6.45) is 0. The molecule has 0 spiro atoms. The summed E-state index contributed by atoms with van der Waals surface area (Å²) in [5.74, 6) is 0. The van der Waals surface area contributed by atoms with E-state index in [0.717, 1.165) is 0 Å². The quantitative estimate of drug-likeness (QED) is 0.420. The fourth-order valence-corrected chi connectivity index (χ4v) is 0. The molecule has 0 unspecified atom stereocenters. The molecule has 12 heteroatoms. The molecule has 0 atom stereocenters. The van der Waals surface area contributed by atoms with E-state index in [2.05, 4.69) is 0 Å². The Morgan fingerprint density at radius 3 is 0.500 bits per heavy atom. The SMILES string of the molecule is Cl.Cl.O.O.O.O.O.[Cl][Pt]([Cl])([Cl])[Cl]. The summed E-state index contributed by atoms with van der Waals surface area (Å²) in [6, 6.07) is 0. The zero-order chi connectivity index (χ0) is 4.50. The van der Waals surface area contributed by atoms with Gasteiger partial charge in [-0.2, -0.15) is 0 Å². The van der Waals surface area contributed by atoms with Crippen molar-refractivity contribution in [2.75, 3.05) is 0 Å². The molecule has 0 aliphatic rings. The third kappa shape index (κ3) is 310. The Hall–Kier alpha value is 2.23. The molecule has 0 aliphatic heterocycles. The zero-order valence-electron chi connectivity index (χ0n) is 5.14. The van der Waals surface area contributed by atoms with Crippen LogP contribution in [0.2, 0.25) is 0 Å². The summed E-state index contributed by atoms with van der Waals surface area (Å²) < 4.78 is 0. The van der Waals surface area contributed by atoms with Crippen LogP contribution in [-0.4, -0.2) is 27.4 Å². The number of halogens is 6. The van der Waals surface area contributed by atoms with Crippen LogP contribution >= 0.6 is 62.5 Å². The normalized spacial score (nSPS) is 6.33. The predicted molar refractivity (Wildman–Crippen MR) is 56.0 cm³/mol. The van der Waals surface area contributed by atoms with Crippen LogP contribution in [0.25, 0.3) is 0 Å². The molecule has 5 nitrogen and oxygen atoms in total. The van der Waals surface area contributed by atoms with Gasteiger partial charge in [0.1, 0.15) is 0 Å². The Labute approximate surface area is 101 Å². The molecule has 0 radical (unpaired) electrons. The van der Waals surface area contributed by atoms with Gasteiger partial charge in [-0.25, -0.2) is 0 Å². The summed E-state index contributed by atoms with van der Waals surface area (Å²) in [4.78, 5) is 0. The van der Waals surface area contributed by atoms with E-state index in [1.807, 2.05) is 0 Å². The first-order valence-electron chi connectivity index (χ1n) is 0.478. The fraction of sp³-hybridized carbons (Fsp3) is 0. The molecule has 94 valence electrons. The van der Waals surface area contributed by atoms with Crippen molar-refractivity contribution in [3.8, 4) is 0 Å². The second-order valence-corrected chi connectivity index (χ2v) is 20.0. The molecule has 0 aliphatic carbocycles. The topological polar surface area (TPSA) is 158 Å². The maximum atomic E-state index is 5.01. The van der Waals surface area contributed by atoms with Gasteiger partial charge in [-0.3, -0.25) is 0 Å². The third-order valence-corrected chi connectivity index (χ3v) is 0. The predicted octanol–water partition coefficient (Wildman–Crippen LogP) is -0.524. The molecule has 0 amide bonds. The van der Waals surface area contributed by atoms with Crippen LogP contribution in [0, 0.1) is 0 Å². The van der Waals surface area contributed by atoms with E-state index < -0.39 is 11.9 Å². The van der Waals surface area contributed by atoms with Gasteiger partial charge in [-0.1, -0.05) is 0 Å². The van der Waals surface area contributed by atoms with E-state index in [1.54, 1.807) is 0 Å². The molecule has 0 fully saturated rings. The fourth-order valence-electron chi connectivity index (χ4n) is 0. The molecule has 10 N–H and O–H groups in total. The summed E-state index contributed by atoms with van der Waals surface area (Å²) >= 11 is -3.06. The first-order chi connectivity index (χ1) is 2.00. The van der Waals surface area contributed by atoms with Gasteiger partial charge >= 0.3 is 49.6 Å². The van der Waals surface area contributed by atoms with Crippen molar-refractivity contribution in [2.45, 2.75) is 0 Å². The van der Waals surface area contributed by atoms with E-state index in [9.17, 15) is 0 Å². The van der Waals surface area contributed by atoms with Crippen LogP contribution in [0.3, 0.4) is 0 Å². The van der Waals surface area contributed by atoms with Crippen molar-refractivity contribution in [2.24, 2.45) is 0 Å². The van der Waals surface area contributed by atoms with Crippen LogP contribution in [0.15, 0.2) is 0 Å². The number of rotatable bonds is 0. The Morgan fingerprint density at radius 2 is 0.500 bits per heavy atom. The first-order valence-corrected chi connectivity index (χ1v) is 11.7. The van der Waals surface area contributed by atoms with Crippen LogP contribution in [0.4, 0.5) is 0 Å². The van der Waals surface area contributed by atoms with E-state index in [1.165, 1.54) is 0 Å². The number of hydrogen-bond donors (Lipinski definition) is 0. The van der Waals surface area contributed by atoms with Crippen molar-refractivity contribution < 1.29 is 39.3 Å². The van der Waals surface area contributed by atoms with Crippen molar-refractivity contribution >= 4 is 62.5 Å². The third-order valence-electron chi connectivity index (χ3n) is 0. The van der Waals surface area contributed by atoms with E-state index in [4.69, 9.17) is 37.7 Å². The van der Waals surface area contributed by atoms with Crippen LogP contribution in [0.5, 0.6) is 0 Å². The van der Waals surface area contributed by atoms with Gasteiger partial charge in [0.15, 0.2) is 0 Å². The summed E-state index contributed by atoms with van der Waals surface area (Å²) in [7, 11) is 20.0. The Balaban J connectivity index is -0.00000000381. The average molecular weight is 500 g/mol. The van der Waals surface area contributed by atoms with Gasteiger partial charge in [-0.05, 0) is 0 Å². The van der Waals surface area contributed by atoms with Gasteiger partial charge in [0.05, 0.1) is 0 Å². The summed E-state index contributed by atoms with van der Waals surface area (Å²) in [5.41, 5.74) is 0. The van der Waals surface area contributed by atoms with Crippen molar-refractivity contribution in [1.82, 2.24) is 0 Å². The second-order valence-electron chi connectivity index (χ2n) is 0.271. The molecule has 0 rings (SSSR count). The van der Waals surface area contributed by atoms with E-state index in [0.29, 0.717) is 0 Å². The minimum absolute atomic E-state index is 0. The van der Waals surface area contributed by atoms with Crippen molar-refractivity contribution in [1.29, 1.82) is 0 Å². The van der Waals surface area contributed by atoms with Gasteiger partial charge in [0.25, 0.3) is 0 Å². The molecule has 0 heterocycles. The first kappa shape index (κ1) is 64.2. The zero-order valence-corrected chi connectivity index (χ0v) is 12.1. The molecule has 0 saturated heterocycles. The Kier molecular flexibility index (Phi) is 156. The van der Waals surface area contributed by atoms with Crippen LogP contribution in [-0.2, 0) is 11.9 Å². The minimum atomic E-state index is -3.06. The summed E-state index contributed by atoms with van der Waals surface area (Å²) in [5, 5.41) is 0. The molecule has 0 aromatic carbocycles.